The van der Waals surface area contributed by atoms with Gasteiger partial charge in [-0.1, -0.05) is 18.3 Å². The molecule has 2 aromatic heterocycles. The van der Waals surface area contributed by atoms with Crippen LogP contribution >= 0.6 is 11.3 Å². The summed E-state index contributed by atoms with van der Waals surface area (Å²) < 4.78 is 0. The largest absolute Gasteiger partial charge is 0.302 e. The Morgan fingerprint density at radius 1 is 1.41 bits per heavy atom. The van der Waals surface area contributed by atoms with E-state index in [-0.39, 0.29) is 5.91 Å². The van der Waals surface area contributed by atoms with E-state index >= 15 is 0 Å². The molecular weight excluding hydrogens is 234 g/mol. The highest BCUT2D eigenvalue weighted by Gasteiger charge is 2.12. The van der Waals surface area contributed by atoms with Gasteiger partial charge in [0.1, 0.15) is 0 Å². The van der Waals surface area contributed by atoms with Crippen molar-refractivity contribution in [1.29, 1.82) is 0 Å². The molecule has 0 aliphatic rings. The van der Waals surface area contributed by atoms with E-state index in [9.17, 15) is 4.79 Å². The second-order valence-electron chi connectivity index (χ2n) is 3.57. The van der Waals surface area contributed by atoms with E-state index in [1.54, 1.807) is 12.4 Å². The molecule has 2 heterocycles. The van der Waals surface area contributed by atoms with Crippen LogP contribution in [0.4, 0.5) is 5.13 Å². The van der Waals surface area contributed by atoms with Crippen molar-refractivity contribution in [1.82, 2.24) is 9.97 Å². The van der Waals surface area contributed by atoms with Gasteiger partial charge in [0.15, 0.2) is 5.13 Å². The Balaban J connectivity index is 2.39. The summed E-state index contributed by atoms with van der Waals surface area (Å²) in [6.07, 6.45) is 4.35. The van der Waals surface area contributed by atoms with Crippen molar-refractivity contribution in [2.24, 2.45) is 0 Å². The number of thiazole rings is 1. The quantitative estimate of drug-likeness (QED) is 0.907. The number of carbonyl (C=O) groups is 1. The molecule has 2 aromatic rings. The zero-order valence-corrected chi connectivity index (χ0v) is 10.5. The number of nitrogens with zero attached hydrogens (tertiary/aromatic N) is 2. The molecule has 1 amide bonds. The molecule has 0 aliphatic heterocycles. The number of aryl methyl sites for hydroxylation is 1. The lowest BCUT2D eigenvalue weighted by molar-refractivity contribution is -0.114. The molecule has 0 radical (unpaired) electrons. The fourth-order valence-corrected chi connectivity index (χ4v) is 2.63. The molecule has 2 rings (SSSR count). The molecule has 17 heavy (non-hydrogen) atoms. The van der Waals surface area contributed by atoms with Gasteiger partial charge >= 0.3 is 0 Å². The Morgan fingerprint density at radius 3 is 2.71 bits per heavy atom. The Hall–Kier alpha value is -1.75. The lowest BCUT2D eigenvalue weighted by Gasteiger charge is -1.97. The first-order chi connectivity index (χ1) is 8.20. The monoisotopic (exact) mass is 247 g/mol. The molecule has 0 aliphatic carbocycles. The van der Waals surface area contributed by atoms with Crippen LogP contribution in [0.2, 0.25) is 0 Å². The summed E-state index contributed by atoms with van der Waals surface area (Å²) in [5, 5.41) is 3.38. The van der Waals surface area contributed by atoms with Gasteiger partial charge in [-0.3, -0.25) is 9.78 Å². The minimum absolute atomic E-state index is 0.0947. The molecule has 0 saturated carbocycles. The van der Waals surface area contributed by atoms with E-state index in [0.717, 1.165) is 22.6 Å². The first-order valence-corrected chi connectivity index (χ1v) is 6.20. The summed E-state index contributed by atoms with van der Waals surface area (Å²) in [6, 6.07) is 3.90. The fraction of sp³-hybridized carbons (Fsp3) is 0.250. The number of anilines is 1. The Labute approximate surface area is 104 Å². The average Bonchev–Trinajstić information content (AvgIpc) is 2.72. The maximum atomic E-state index is 11.0. The molecule has 0 bridgehead atoms. The van der Waals surface area contributed by atoms with Gasteiger partial charge in [0.25, 0.3) is 0 Å². The predicted molar refractivity (Wildman–Crippen MR) is 69.0 cm³/mol. The zero-order chi connectivity index (χ0) is 12.3. The van der Waals surface area contributed by atoms with Crippen molar-refractivity contribution < 1.29 is 4.79 Å². The van der Waals surface area contributed by atoms with Crippen molar-refractivity contribution in [2.45, 2.75) is 20.3 Å². The van der Waals surface area contributed by atoms with Gasteiger partial charge in [0.2, 0.25) is 5.91 Å². The average molecular weight is 247 g/mol. The van der Waals surface area contributed by atoms with Crippen molar-refractivity contribution in [3.63, 3.8) is 0 Å². The number of hydrogen-bond acceptors (Lipinski definition) is 4. The molecule has 0 saturated heterocycles. The number of rotatable bonds is 3. The van der Waals surface area contributed by atoms with Gasteiger partial charge in [-0.2, -0.15) is 0 Å². The van der Waals surface area contributed by atoms with Crippen molar-refractivity contribution in [3.05, 3.63) is 30.2 Å². The minimum atomic E-state index is -0.0947. The number of carbonyl (C=O) groups excluding carboxylic acids is 1. The van der Waals surface area contributed by atoms with Crippen molar-refractivity contribution >= 4 is 22.4 Å². The summed E-state index contributed by atoms with van der Waals surface area (Å²) in [7, 11) is 0. The molecule has 0 aromatic carbocycles. The Morgan fingerprint density at radius 2 is 2.12 bits per heavy atom. The highest BCUT2D eigenvalue weighted by Crippen LogP contribution is 2.32. The van der Waals surface area contributed by atoms with E-state index < -0.39 is 0 Å². The van der Waals surface area contributed by atoms with Gasteiger partial charge in [0, 0.05) is 19.3 Å². The normalized spacial score (nSPS) is 10.2. The summed E-state index contributed by atoms with van der Waals surface area (Å²) in [5.41, 5.74) is 2.09. The lowest BCUT2D eigenvalue weighted by Crippen LogP contribution is -2.05. The second kappa shape index (κ2) is 5.05. The first-order valence-electron chi connectivity index (χ1n) is 5.38. The number of nitrogens with one attached hydrogen (secondary N) is 1. The molecule has 0 spiro atoms. The second-order valence-corrected chi connectivity index (χ2v) is 4.56. The fourth-order valence-electron chi connectivity index (χ4n) is 1.52. The van der Waals surface area contributed by atoms with Crippen LogP contribution in [0, 0.1) is 0 Å². The van der Waals surface area contributed by atoms with Crippen LogP contribution in [-0.4, -0.2) is 15.9 Å². The third kappa shape index (κ3) is 2.68. The molecule has 0 unspecified atom stereocenters. The highest BCUT2D eigenvalue weighted by molar-refractivity contribution is 7.19. The van der Waals surface area contributed by atoms with Gasteiger partial charge in [0.05, 0.1) is 10.6 Å². The Kier molecular flexibility index (Phi) is 3.49. The Bertz CT molecular complexity index is 522. The summed E-state index contributed by atoms with van der Waals surface area (Å²) in [6.45, 7) is 3.54. The van der Waals surface area contributed by atoms with Crippen molar-refractivity contribution in [3.8, 4) is 10.4 Å². The number of amides is 1. The van der Waals surface area contributed by atoms with Crippen LogP contribution in [0.25, 0.3) is 10.4 Å². The van der Waals surface area contributed by atoms with Crippen LogP contribution in [0.1, 0.15) is 19.5 Å². The lowest BCUT2D eigenvalue weighted by atomic mass is 10.2. The van der Waals surface area contributed by atoms with Crippen molar-refractivity contribution in [2.75, 3.05) is 5.32 Å². The summed E-state index contributed by atoms with van der Waals surface area (Å²) in [4.78, 5) is 20.5. The maximum absolute atomic E-state index is 11.0. The van der Waals surface area contributed by atoms with E-state index in [4.69, 9.17) is 0 Å². The van der Waals surface area contributed by atoms with Crippen LogP contribution in [0.5, 0.6) is 0 Å². The third-order valence-electron chi connectivity index (χ3n) is 2.26. The van der Waals surface area contributed by atoms with E-state index in [1.807, 2.05) is 12.1 Å². The maximum Gasteiger partial charge on any atom is 0.223 e. The molecular formula is C12H13N3OS. The first kappa shape index (κ1) is 11.7. The molecule has 5 heteroatoms. The number of aromatic nitrogens is 2. The van der Waals surface area contributed by atoms with Gasteiger partial charge in [-0.15, -0.1) is 0 Å². The van der Waals surface area contributed by atoms with Gasteiger partial charge in [-0.25, -0.2) is 4.98 Å². The van der Waals surface area contributed by atoms with Gasteiger partial charge in [-0.05, 0) is 24.1 Å². The molecule has 1 N–H and O–H groups in total. The predicted octanol–water partition coefficient (Wildman–Crippen LogP) is 2.73. The van der Waals surface area contributed by atoms with E-state index in [2.05, 4.69) is 22.2 Å². The topological polar surface area (TPSA) is 54.9 Å². The van der Waals surface area contributed by atoms with Crippen LogP contribution < -0.4 is 5.32 Å². The van der Waals surface area contributed by atoms with Crippen LogP contribution in [0.3, 0.4) is 0 Å². The van der Waals surface area contributed by atoms with Crippen LogP contribution in [0.15, 0.2) is 24.5 Å². The van der Waals surface area contributed by atoms with E-state index in [0.29, 0.717) is 5.13 Å². The standard InChI is InChI=1S/C12H13N3OS/c1-3-10-11(9-4-6-13-7-5-9)17-12(15-10)14-8(2)16/h4-7H,3H2,1-2H3,(H,14,15,16). The SMILES string of the molecule is CCc1nc(NC(C)=O)sc1-c1ccncc1. The summed E-state index contributed by atoms with van der Waals surface area (Å²) in [5.74, 6) is -0.0947. The number of pyridine rings is 1. The molecule has 0 atom stereocenters. The summed E-state index contributed by atoms with van der Waals surface area (Å²) >= 11 is 1.49. The molecule has 88 valence electrons. The minimum Gasteiger partial charge on any atom is -0.302 e. The number of hydrogen-bond donors (Lipinski definition) is 1. The van der Waals surface area contributed by atoms with Crippen LogP contribution in [-0.2, 0) is 11.2 Å². The molecule has 0 fully saturated rings. The zero-order valence-electron chi connectivity index (χ0n) is 9.73. The smallest absolute Gasteiger partial charge is 0.223 e. The van der Waals surface area contributed by atoms with E-state index in [1.165, 1.54) is 18.3 Å². The third-order valence-corrected chi connectivity index (χ3v) is 3.32. The molecule has 4 nitrogen and oxygen atoms in total. The highest BCUT2D eigenvalue weighted by atomic mass is 32.1. The van der Waals surface area contributed by atoms with Gasteiger partial charge < -0.3 is 5.32 Å².